The molecule has 2 aliphatic rings. The molecule has 3 heterocycles. The van der Waals surface area contributed by atoms with Crippen LogP contribution in [0.4, 0.5) is 33.5 Å². The summed E-state index contributed by atoms with van der Waals surface area (Å²) in [5, 5.41) is 14.4. The first kappa shape index (κ1) is 28.1. The van der Waals surface area contributed by atoms with Crippen LogP contribution in [0.1, 0.15) is 35.7 Å². The van der Waals surface area contributed by atoms with Gasteiger partial charge in [-0.15, -0.1) is 0 Å². The number of hydrogen-bond acceptors (Lipinski definition) is 7. The Kier molecular flexibility index (Phi) is 7.94. The number of ether oxygens (including phenoxy) is 1. The third-order valence-corrected chi connectivity index (χ3v) is 6.44. The summed E-state index contributed by atoms with van der Waals surface area (Å²) in [5.41, 5.74) is 4.76. The van der Waals surface area contributed by atoms with Crippen LogP contribution in [0.3, 0.4) is 0 Å². The molecule has 16 heteroatoms. The summed E-state index contributed by atoms with van der Waals surface area (Å²) in [6.45, 7) is 1.08. The molecule has 0 unspecified atom stereocenters. The smallest absolute Gasteiger partial charge is 0.450 e. The summed E-state index contributed by atoms with van der Waals surface area (Å²) in [5.74, 6) is -5.68. The number of hydrogen-bond donors (Lipinski definition) is 5. The lowest BCUT2D eigenvalue weighted by Crippen LogP contribution is -2.46. The van der Waals surface area contributed by atoms with Crippen LogP contribution in [0.15, 0.2) is 29.2 Å². The van der Waals surface area contributed by atoms with Gasteiger partial charge in [-0.3, -0.25) is 14.8 Å². The Morgan fingerprint density at radius 3 is 2.56 bits per heavy atom. The van der Waals surface area contributed by atoms with Crippen LogP contribution < -0.4 is 32.1 Å². The van der Waals surface area contributed by atoms with Gasteiger partial charge in [0.2, 0.25) is 0 Å². The molecule has 1 amide bonds. The molecule has 4 rings (SSSR count). The highest BCUT2D eigenvalue weighted by Gasteiger charge is 2.57. The van der Waals surface area contributed by atoms with Gasteiger partial charge in [-0.05, 0) is 44.0 Å². The predicted molar refractivity (Wildman–Crippen MR) is 131 cm³/mol. The van der Waals surface area contributed by atoms with E-state index in [2.05, 4.69) is 20.5 Å². The number of likely N-dealkylation sites (tertiary alicyclic amines) is 1. The molecule has 0 saturated carbocycles. The molecule has 1 aromatic heterocycles. The Morgan fingerprint density at radius 2 is 1.90 bits per heavy atom. The van der Waals surface area contributed by atoms with Gasteiger partial charge in [0.05, 0.1) is 18.4 Å². The fourth-order valence-corrected chi connectivity index (χ4v) is 4.32. The Morgan fingerprint density at radius 1 is 1.18 bits per heavy atom. The van der Waals surface area contributed by atoms with Crippen LogP contribution in [0.5, 0.6) is 11.5 Å². The van der Waals surface area contributed by atoms with Gasteiger partial charge >= 0.3 is 17.8 Å². The molecule has 1 aromatic carbocycles. The average molecular weight is 559 g/mol. The van der Waals surface area contributed by atoms with Crippen LogP contribution in [0.25, 0.3) is 0 Å². The molecule has 0 atom stereocenters. The number of anilines is 2. The van der Waals surface area contributed by atoms with Crippen molar-refractivity contribution in [2.24, 2.45) is 5.73 Å². The lowest BCUT2D eigenvalue weighted by molar-refractivity contribution is -0.278. The first-order valence-corrected chi connectivity index (χ1v) is 12.1. The van der Waals surface area contributed by atoms with Gasteiger partial charge in [0.1, 0.15) is 0 Å². The summed E-state index contributed by atoms with van der Waals surface area (Å²) >= 11 is 0. The molecule has 39 heavy (non-hydrogen) atoms. The molecule has 11 nitrogen and oxygen atoms in total. The van der Waals surface area contributed by atoms with Crippen molar-refractivity contribution < 1.29 is 31.5 Å². The fourth-order valence-electron chi connectivity index (χ4n) is 4.32. The number of amides is 1. The second-order valence-electron chi connectivity index (χ2n) is 9.23. The molecule has 0 bridgehead atoms. The Balaban J connectivity index is 1.38. The number of guanidine groups is 1. The number of nitrogens with zero attached hydrogens (tertiary/aromatic N) is 3. The monoisotopic (exact) mass is 558 g/mol. The molecule has 6 N–H and O–H groups in total. The highest BCUT2D eigenvalue weighted by molar-refractivity contribution is 5.96. The van der Waals surface area contributed by atoms with Crippen molar-refractivity contribution in [3.63, 3.8) is 0 Å². The van der Waals surface area contributed by atoms with Gasteiger partial charge in [-0.2, -0.15) is 26.9 Å². The minimum atomic E-state index is -5.79. The lowest BCUT2D eigenvalue weighted by Gasteiger charge is -2.33. The summed E-state index contributed by atoms with van der Waals surface area (Å²) in [6.07, 6.45) is -1.98. The normalized spacial score (nSPS) is 15.9. The molecule has 1 saturated heterocycles. The van der Waals surface area contributed by atoms with E-state index in [1.165, 1.54) is 22.8 Å². The maximum atomic E-state index is 13.1. The highest BCUT2D eigenvalue weighted by Crippen LogP contribution is 2.41. The van der Waals surface area contributed by atoms with E-state index >= 15 is 0 Å². The first-order valence-electron chi connectivity index (χ1n) is 12.1. The van der Waals surface area contributed by atoms with Crippen molar-refractivity contribution in [3.05, 3.63) is 40.4 Å². The summed E-state index contributed by atoms with van der Waals surface area (Å²) < 4.78 is 70.7. The van der Waals surface area contributed by atoms with Crippen molar-refractivity contribution in [2.45, 2.75) is 37.4 Å². The van der Waals surface area contributed by atoms with Crippen molar-refractivity contribution in [1.29, 1.82) is 5.41 Å². The van der Waals surface area contributed by atoms with E-state index < -0.39 is 30.2 Å². The topological polar surface area (TPSA) is 150 Å². The summed E-state index contributed by atoms with van der Waals surface area (Å²) in [7, 11) is 0. The van der Waals surface area contributed by atoms with Gasteiger partial charge in [0.25, 0.3) is 5.91 Å². The number of nitrogens with one attached hydrogen (secondary N) is 4. The van der Waals surface area contributed by atoms with Gasteiger partial charge in [0.15, 0.2) is 23.3 Å². The van der Waals surface area contributed by atoms with E-state index in [0.29, 0.717) is 6.54 Å². The van der Waals surface area contributed by atoms with Gasteiger partial charge in [-0.25, -0.2) is 4.79 Å². The number of aromatic nitrogens is 2. The fraction of sp³-hybridized carbons (Fsp3) is 0.478. The van der Waals surface area contributed by atoms with Crippen LogP contribution in [0.2, 0.25) is 0 Å². The number of piperidine rings is 1. The number of carbonyl (C=O) groups is 1. The molecular formula is C23H27F5N8O3. The molecule has 0 radical (unpaired) electrons. The Hall–Kier alpha value is -3.95. The average Bonchev–Trinajstić information content (AvgIpc) is 2.87. The van der Waals surface area contributed by atoms with Gasteiger partial charge in [-0.1, -0.05) is 0 Å². The second-order valence-corrected chi connectivity index (χ2v) is 9.23. The Bertz CT molecular complexity index is 1290. The summed E-state index contributed by atoms with van der Waals surface area (Å²) in [4.78, 5) is 31.3. The zero-order chi connectivity index (χ0) is 28.4. The molecule has 2 aliphatic heterocycles. The maximum absolute atomic E-state index is 13.1. The third-order valence-electron chi connectivity index (χ3n) is 6.44. The van der Waals surface area contributed by atoms with E-state index in [1.807, 2.05) is 0 Å². The van der Waals surface area contributed by atoms with Gasteiger partial charge < -0.3 is 31.3 Å². The minimum absolute atomic E-state index is 0.0644. The van der Waals surface area contributed by atoms with E-state index in [1.54, 1.807) is 11.5 Å². The zero-order valence-corrected chi connectivity index (χ0v) is 20.6. The number of carbonyl (C=O) groups excluding carboxylic acids is 1. The lowest BCUT2D eigenvalue weighted by atomic mass is 10.0. The van der Waals surface area contributed by atoms with Gasteiger partial charge in [0, 0.05) is 31.2 Å². The molecule has 0 aliphatic carbocycles. The van der Waals surface area contributed by atoms with E-state index in [4.69, 9.17) is 15.9 Å². The van der Waals surface area contributed by atoms with E-state index in [-0.39, 0.29) is 40.6 Å². The zero-order valence-electron chi connectivity index (χ0n) is 20.6. The SMILES string of the molecule is N=C(N)NCCCN1CCC(n2cc3c(nc2=O)Nc2cc(C(=O)NCC(F)(F)C(F)(F)F)ccc2O3)CC1. The van der Waals surface area contributed by atoms with Crippen LogP contribution in [-0.2, 0) is 0 Å². The molecule has 212 valence electrons. The predicted octanol–water partition coefficient (Wildman–Crippen LogP) is 2.53. The minimum Gasteiger partial charge on any atom is -0.450 e. The first-order chi connectivity index (χ1) is 18.3. The Labute approximate surface area is 219 Å². The van der Waals surface area contributed by atoms with Crippen LogP contribution in [0, 0.1) is 5.41 Å². The standard InChI is InChI=1S/C23H27F5N8O3/c24-22(25,23(26,27)28)12-32-19(37)13-2-3-16-15(10-13)33-18-17(39-16)11-36(21(38)34-18)14-4-8-35(9-5-14)7-1-6-31-20(29)30/h2-3,10-11,14H,1,4-9,12H2,(H,32,37)(H4,29,30,31)(H,33,34,38). The number of rotatable bonds is 8. The molecule has 2 aromatic rings. The molecule has 0 spiro atoms. The number of nitrogens with two attached hydrogens (primary N) is 1. The number of benzene rings is 1. The summed E-state index contributed by atoms with van der Waals surface area (Å²) in [6, 6.07) is 3.69. The molecule has 1 fully saturated rings. The third kappa shape index (κ3) is 6.55. The number of alkyl halides is 5. The van der Waals surface area contributed by atoms with E-state index in [0.717, 1.165) is 38.9 Å². The maximum Gasteiger partial charge on any atom is 0.455 e. The molecular weight excluding hydrogens is 531 g/mol. The van der Waals surface area contributed by atoms with Crippen molar-refractivity contribution in [3.8, 4) is 11.5 Å². The van der Waals surface area contributed by atoms with Crippen LogP contribution in [-0.4, -0.2) is 71.1 Å². The quantitative estimate of drug-likeness (QED) is 0.123. The highest BCUT2D eigenvalue weighted by atomic mass is 19.4. The van der Waals surface area contributed by atoms with E-state index in [9.17, 15) is 31.5 Å². The van der Waals surface area contributed by atoms with Crippen molar-refractivity contribution in [2.75, 3.05) is 38.0 Å². The van der Waals surface area contributed by atoms with Crippen molar-refractivity contribution >= 4 is 23.4 Å². The largest absolute Gasteiger partial charge is 0.455 e. The number of halogens is 5. The number of fused-ring (bicyclic) bond motifs is 2. The van der Waals surface area contributed by atoms with Crippen LogP contribution >= 0.6 is 0 Å². The second kappa shape index (κ2) is 11.0. The van der Waals surface area contributed by atoms with Crippen molar-refractivity contribution in [1.82, 2.24) is 25.1 Å².